The van der Waals surface area contributed by atoms with Crippen molar-refractivity contribution in [2.24, 2.45) is 0 Å². The second kappa shape index (κ2) is 2.10. The summed E-state index contributed by atoms with van der Waals surface area (Å²) in [7, 11) is -1.48. The molecule has 0 aromatic carbocycles. The van der Waals surface area contributed by atoms with Crippen LogP contribution >= 0.6 is 0 Å². The highest BCUT2D eigenvalue weighted by molar-refractivity contribution is 7.88. The van der Waals surface area contributed by atoms with E-state index in [4.69, 9.17) is 5.11 Å². The highest BCUT2D eigenvalue weighted by Crippen LogP contribution is 2.66. The van der Waals surface area contributed by atoms with Gasteiger partial charge in [-0.25, -0.2) is 4.79 Å². The standard InChI is InChI=1S/C8H9NO5S/c1-7-2-8(7,6(12)13)9-4(11)3(10)5(9)15(7)14/h3,5,10H,2H2,1H3,(H,12,13)/t3-,5+,7-,8-,15?/m0/s1. The Morgan fingerprint density at radius 3 is 2.80 bits per heavy atom. The fourth-order valence-electron chi connectivity index (χ4n) is 2.76. The molecular weight excluding hydrogens is 222 g/mol. The van der Waals surface area contributed by atoms with Gasteiger partial charge in [0.05, 0.1) is 15.5 Å². The average Bonchev–Trinajstić information content (AvgIpc) is 2.76. The average molecular weight is 231 g/mol. The second-order valence-electron chi connectivity index (χ2n) is 4.41. The number of β-lactam (4-membered cyclic amide) rings is 1. The molecule has 0 aromatic rings. The summed E-state index contributed by atoms with van der Waals surface area (Å²) in [5.74, 6) is -1.74. The van der Waals surface area contributed by atoms with Gasteiger partial charge in [-0.1, -0.05) is 0 Å². The molecule has 1 unspecified atom stereocenters. The van der Waals surface area contributed by atoms with Crippen molar-refractivity contribution in [3.8, 4) is 0 Å². The molecule has 1 saturated carbocycles. The molecule has 1 aliphatic carbocycles. The van der Waals surface area contributed by atoms with Gasteiger partial charge >= 0.3 is 5.97 Å². The van der Waals surface area contributed by atoms with Crippen LogP contribution in [-0.4, -0.2) is 53.0 Å². The van der Waals surface area contributed by atoms with Gasteiger partial charge < -0.3 is 15.1 Å². The van der Waals surface area contributed by atoms with Gasteiger partial charge in [-0.2, -0.15) is 0 Å². The lowest BCUT2D eigenvalue weighted by atomic mass is 10.0. The summed E-state index contributed by atoms with van der Waals surface area (Å²) in [4.78, 5) is 23.6. The molecule has 0 radical (unpaired) electrons. The topological polar surface area (TPSA) is 94.9 Å². The summed E-state index contributed by atoms with van der Waals surface area (Å²) in [5.41, 5.74) is -1.32. The number of carbonyl (C=O) groups is 2. The van der Waals surface area contributed by atoms with Crippen LogP contribution in [0.4, 0.5) is 0 Å². The number of carbonyl (C=O) groups excluding carboxylic acids is 1. The van der Waals surface area contributed by atoms with Crippen molar-refractivity contribution < 1.29 is 24.0 Å². The zero-order valence-corrected chi connectivity index (χ0v) is 8.65. The smallest absolute Gasteiger partial charge is 0.331 e. The van der Waals surface area contributed by atoms with Crippen molar-refractivity contribution in [1.29, 1.82) is 0 Å². The zero-order chi connectivity index (χ0) is 11.2. The number of aliphatic carboxylic acids is 1. The highest BCUT2D eigenvalue weighted by atomic mass is 32.2. The van der Waals surface area contributed by atoms with E-state index in [2.05, 4.69) is 0 Å². The number of fused-ring (bicyclic) bond motifs is 3. The molecule has 2 saturated heterocycles. The molecule has 2 aliphatic heterocycles. The molecule has 3 aliphatic rings. The van der Waals surface area contributed by atoms with Gasteiger partial charge in [0.1, 0.15) is 5.37 Å². The molecule has 1 amide bonds. The third-order valence-corrected chi connectivity index (χ3v) is 6.06. The first-order valence-corrected chi connectivity index (χ1v) is 5.74. The van der Waals surface area contributed by atoms with Crippen LogP contribution in [0.5, 0.6) is 0 Å². The Hall–Kier alpha value is -0.950. The van der Waals surface area contributed by atoms with Gasteiger partial charge in [0.25, 0.3) is 5.91 Å². The molecule has 7 heteroatoms. The van der Waals surface area contributed by atoms with E-state index in [9.17, 15) is 18.9 Å². The molecule has 3 rings (SSSR count). The van der Waals surface area contributed by atoms with Gasteiger partial charge in [0.15, 0.2) is 11.6 Å². The Morgan fingerprint density at radius 1 is 1.67 bits per heavy atom. The maximum absolute atomic E-state index is 11.9. The SMILES string of the molecule is C[C@]12C[C@@]1(C(=O)O)N1C(=O)[C@H](O)[C@H]1S2=O. The number of carboxylic acids is 1. The van der Waals surface area contributed by atoms with E-state index in [0.717, 1.165) is 4.90 Å². The van der Waals surface area contributed by atoms with Crippen LogP contribution in [0.2, 0.25) is 0 Å². The maximum atomic E-state index is 11.9. The number of carboxylic acid groups (broad SMARTS) is 1. The zero-order valence-electron chi connectivity index (χ0n) is 7.84. The van der Waals surface area contributed by atoms with Gasteiger partial charge in [-0.3, -0.25) is 9.00 Å². The van der Waals surface area contributed by atoms with Crippen molar-refractivity contribution in [1.82, 2.24) is 4.90 Å². The minimum atomic E-state index is -1.48. The lowest BCUT2D eigenvalue weighted by Gasteiger charge is -2.42. The summed E-state index contributed by atoms with van der Waals surface area (Å²) < 4.78 is 11.0. The molecule has 15 heavy (non-hydrogen) atoms. The summed E-state index contributed by atoms with van der Waals surface area (Å²) in [6.45, 7) is 1.59. The molecule has 2 heterocycles. The third kappa shape index (κ3) is 0.636. The van der Waals surface area contributed by atoms with Crippen LogP contribution in [-0.2, 0) is 20.4 Å². The monoisotopic (exact) mass is 231 g/mol. The van der Waals surface area contributed by atoms with Crippen LogP contribution in [0.25, 0.3) is 0 Å². The fourth-order valence-corrected chi connectivity index (χ4v) is 4.99. The largest absolute Gasteiger partial charge is 0.479 e. The molecule has 0 aromatic heterocycles. The first-order valence-electron chi connectivity index (χ1n) is 4.53. The first kappa shape index (κ1) is 9.29. The molecule has 5 atom stereocenters. The molecule has 0 spiro atoms. The minimum Gasteiger partial charge on any atom is -0.479 e. The van der Waals surface area contributed by atoms with Crippen molar-refractivity contribution in [2.45, 2.75) is 35.1 Å². The van der Waals surface area contributed by atoms with Crippen molar-refractivity contribution in [2.75, 3.05) is 0 Å². The summed E-state index contributed by atoms with van der Waals surface area (Å²) in [6, 6.07) is 0. The number of amides is 1. The van der Waals surface area contributed by atoms with E-state index in [1.165, 1.54) is 0 Å². The fraction of sp³-hybridized carbons (Fsp3) is 0.750. The molecule has 3 fully saturated rings. The Bertz CT molecular complexity index is 437. The summed E-state index contributed by atoms with van der Waals surface area (Å²) in [6.07, 6.45) is -1.07. The molecule has 0 bridgehead atoms. The Morgan fingerprint density at radius 2 is 2.27 bits per heavy atom. The van der Waals surface area contributed by atoms with Crippen LogP contribution < -0.4 is 0 Å². The van der Waals surface area contributed by atoms with E-state index in [-0.39, 0.29) is 6.42 Å². The van der Waals surface area contributed by atoms with Crippen molar-refractivity contribution >= 4 is 22.7 Å². The van der Waals surface area contributed by atoms with Crippen LogP contribution in [0, 0.1) is 0 Å². The molecule has 2 N–H and O–H groups in total. The predicted octanol–water partition coefficient (Wildman–Crippen LogP) is -1.74. The number of rotatable bonds is 1. The van der Waals surface area contributed by atoms with Gasteiger partial charge in [0, 0.05) is 6.42 Å². The van der Waals surface area contributed by atoms with Crippen molar-refractivity contribution in [3.05, 3.63) is 0 Å². The maximum Gasteiger partial charge on any atom is 0.331 e. The van der Waals surface area contributed by atoms with Gasteiger partial charge in [-0.05, 0) is 6.92 Å². The lowest BCUT2D eigenvalue weighted by Crippen LogP contribution is -2.68. The first-order chi connectivity index (χ1) is 6.88. The van der Waals surface area contributed by atoms with Crippen molar-refractivity contribution in [3.63, 3.8) is 0 Å². The quantitative estimate of drug-likeness (QED) is 0.522. The van der Waals surface area contributed by atoms with E-state index in [1.54, 1.807) is 6.92 Å². The Kier molecular flexibility index (Phi) is 1.30. The lowest BCUT2D eigenvalue weighted by molar-refractivity contribution is -0.172. The number of nitrogens with zero attached hydrogens (tertiary/aromatic N) is 1. The molecular formula is C8H9NO5S. The van der Waals surface area contributed by atoms with Crippen LogP contribution in [0.15, 0.2) is 0 Å². The normalized spacial score (nSPS) is 55.7. The van der Waals surface area contributed by atoms with Crippen LogP contribution in [0.3, 0.4) is 0 Å². The number of hydrogen-bond acceptors (Lipinski definition) is 4. The highest BCUT2D eigenvalue weighted by Gasteiger charge is 2.88. The Balaban J connectivity index is 2.12. The van der Waals surface area contributed by atoms with E-state index in [1.807, 2.05) is 0 Å². The molecule has 6 nitrogen and oxygen atoms in total. The number of hydrogen-bond donors (Lipinski definition) is 2. The summed E-state index contributed by atoms with van der Waals surface area (Å²) in [5, 5.41) is 17.6. The second-order valence-corrected chi connectivity index (χ2v) is 6.39. The van der Waals surface area contributed by atoms with E-state index < -0.39 is 44.4 Å². The van der Waals surface area contributed by atoms with Gasteiger partial charge in [-0.15, -0.1) is 0 Å². The summed E-state index contributed by atoms with van der Waals surface area (Å²) >= 11 is 0. The van der Waals surface area contributed by atoms with E-state index in [0.29, 0.717) is 0 Å². The number of aliphatic hydroxyl groups is 1. The minimum absolute atomic E-state index is 0.219. The predicted molar refractivity (Wildman–Crippen MR) is 48.2 cm³/mol. The third-order valence-electron chi connectivity index (χ3n) is 3.79. The molecule has 82 valence electrons. The van der Waals surface area contributed by atoms with Gasteiger partial charge in [0.2, 0.25) is 0 Å². The van der Waals surface area contributed by atoms with E-state index >= 15 is 0 Å². The van der Waals surface area contributed by atoms with Crippen LogP contribution in [0.1, 0.15) is 13.3 Å². The number of aliphatic hydroxyl groups excluding tert-OH is 1. The Labute approximate surface area is 87.3 Å².